The van der Waals surface area contributed by atoms with Crippen molar-refractivity contribution in [2.24, 2.45) is 0 Å². The summed E-state index contributed by atoms with van der Waals surface area (Å²) in [6.45, 7) is 1.93. The molecule has 0 saturated heterocycles. The first-order valence-corrected chi connectivity index (χ1v) is 1.02. The summed E-state index contributed by atoms with van der Waals surface area (Å²) in [6.07, 6.45) is 0. The van der Waals surface area contributed by atoms with Gasteiger partial charge in [-0.1, -0.05) is 0 Å². The molecular weight excluding hydrogens is 123 g/mol. The summed E-state index contributed by atoms with van der Waals surface area (Å²) in [5, 5.41) is 7.57. The molecule has 0 aromatic rings. The quantitative estimate of drug-likeness (QED) is 0.346. The fourth-order valence-electron chi connectivity index (χ4n) is 0. The minimum atomic E-state index is 0. The molecule has 0 heterocycles. The predicted octanol–water partition coefficient (Wildman–Crippen LogP) is -3.00. The summed E-state index contributed by atoms with van der Waals surface area (Å²) >= 11 is 0. The molecule has 0 spiro atoms. The van der Waals surface area contributed by atoms with E-state index in [2.05, 4.69) is 0 Å². The van der Waals surface area contributed by atoms with E-state index in [4.69, 9.17) is 5.11 Å². The first-order chi connectivity index (χ1) is 1.41. The molecule has 0 radical (unpaired) electrons. The Kier molecular flexibility index (Phi) is 67.6. The zero-order chi connectivity index (χ0) is 2.71. The van der Waals surface area contributed by atoms with Gasteiger partial charge in [0.1, 0.15) is 0 Å². The first-order valence-electron chi connectivity index (χ1n) is 1.02. The van der Waals surface area contributed by atoms with Gasteiger partial charge in [-0.05, 0) is 6.92 Å². The van der Waals surface area contributed by atoms with Gasteiger partial charge in [-0.2, -0.15) is 0 Å². The predicted molar refractivity (Wildman–Crippen MR) is 12.8 cm³/mol. The minimum Gasteiger partial charge on any atom is -1.00 e. The summed E-state index contributed by atoms with van der Waals surface area (Å²) in [5.41, 5.74) is 0. The van der Waals surface area contributed by atoms with Crippen LogP contribution in [0.1, 0.15) is 6.92 Å². The third kappa shape index (κ3) is 46.9. The Morgan fingerprint density at radius 2 is 1.60 bits per heavy atom. The van der Waals surface area contributed by atoms with Gasteiger partial charge in [0, 0.05) is 28.3 Å². The van der Waals surface area contributed by atoms with Crippen LogP contribution in [0.2, 0.25) is 0 Å². The maximum absolute atomic E-state index is 7.57. The van der Waals surface area contributed by atoms with Crippen LogP contribution in [0.4, 0.5) is 0 Å². The molecule has 0 aromatic carbocycles. The van der Waals surface area contributed by atoms with Crippen molar-refractivity contribution in [2.75, 3.05) is 6.61 Å². The van der Waals surface area contributed by atoms with Crippen LogP contribution in [-0.2, 0) is 21.7 Å². The number of rotatable bonds is 0. The van der Waals surface area contributed by atoms with Crippen LogP contribution in [-0.4, -0.2) is 11.7 Å². The number of aliphatic hydroxyl groups is 1. The summed E-state index contributed by atoms with van der Waals surface area (Å²) in [5.74, 6) is 0. The van der Waals surface area contributed by atoms with E-state index in [0.29, 0.717) is 0 Å². The van der Waals surface area contributed by atoms with Crippen LogP contribution in [0, 0.1) is 0 Å². The Hall–Kier alpha value is 0.964. The fourth-order valence-corrected chi connectivity index (χ4v) is 0. The van der Waals surface area contributed by atoms with Gasteiger partial charge in [-0.25, -0.2) is 0 Å². The number of aliphatic hydroxyl groups excluding tert-OH is 1. The molecule has 0 atom stereocenters. The van der Waals surface area contributed by atoms with Crippen LogP contribution in [0.3, 0.4) is 0 Å². The molecule has 0 aliphatic rings. The standard InChI is InChI=1S/C2H6O.ClH.Ti/c1-2-3;;/h3H,2H2,1H3;1H;/p-1. The molecule has 1 nitrogen and oxygen atoms in total. The molecule has 0 aliphatic carbocycles. The van der Waals surface area contributed by atoms with E-state index in [1.807, 2.05) is 0 Å². The zero-order valence-electron chi connectivity index (χ0n) is 3.03. The summed E-state index contributed by atoms with van der Waals surface area (Å²) in [7, 11) is 0. The molecule has 1 N–H and O–H groups in total. The Balaban J connectivity index is -0.0000000200. The van der Waals surface area contributed by atoms with Crippen LogP contribution in [0.5, 0.6) is 0 Å². The van der Waals surface area contributed by atoms with Crippen molar-refractivity contribution in [2.45, 2.75) is 6.92 Å². The molecule has 0 unspecified atom stereocenters. The van der Waals surface area contributed by atoms with E-state index < -0.39 is 0 Å². The largest absolute Gasteiger partial charge is 1.00 e. The van der Waals surface area contributed by atoms with Crippen molar-refractivity contribution >= 4 is 0 Å². The minimum absolute atomic E-state index is 0. The van der Waals surface area contributed by atoms with Gasteiger partial charge in [-0.3, -0.25) is 0 Å². The molecule has 0 aliphatic heterocycles. The molecular formula is C2H6ClOTi-. The van der Waals surface area contributed by atoms with Gasteiger partial charge in [0.05, 0.1) is 0 Å². The van der Waals surface area contributed by atoms with Crippen molar-refractivity contribution in [3.05, 3.63) is 0 Å². The Labute approximate surface area is 53.1 Å². The van der Waals surface area contributed by atoms with E-state index in [1.54, 1.807) is 6.92 Å². The molecule has 3 heteroatoms. The Bertz CT molecular complexity index is 9.61. The normalized spacial score (nSPS) is 3.60. The van der Waals surface area contributed by atoms with E-state index in [0.717, 1.165) is 0 Å². The van der Waals surface area contributed by atoms with Crippen LogP contribution in [0.25, 0.3) is 0 Å². The Morgan fingerprint density at radius 1 is 1.60 bits per heavy atom. The van der Waals surface area contributed by atoms with Gasteiger partial charge < -0.3 is 17.5 Å². The van der Waals surface area contributed by atoms with Gasteiger partial charge in [-0.15, -0.1) is 0 Å². The second kappa shape index (κ2) is 20.2. The maximum atomic E-state index is 7.57. The summed E-state index contributed by atoms with van der Waals surface area (Å²) in [6, 6.07) is 0. The molecule has 0 amide bonds. The molecule has 0 rings (SSSR count). The van der Waals surface area contributed by atoms with Crippen LogP contribution >= 0.6 is 0 Å². The molecule has 0 saturated carbocycles. The van der Waals surface area contributed by atoms with Crippen LogP contribution in [0.15, 0.2) is 0 Å². The van der Waals surface area contributed by atoms with Gasteiger partial charge >= 0.3 is 0 Å². The fraction of sp³-hybridized carbons (Fsp3) is 1.00. The smallest absolute Gasteiger partial charge is 0.0402 e. The van der Waals surface area contributed by atoms with Crippen molar-refractivity contribution in [3.8, 4) is 0 Å². The van der Waals surface area contributed by atoms with Crippen LogP contribution < -0.4 is 12.4 Å². The SMILES string of the molecule is CCO.[Cl-].[Ti]. The van der Waals surface area contributed by atoms with E-state index >= 15 is 0 Å². The second-order valence-corrected chi connectivity index (χ2v) is 0.316. The van der Waals surface area contributed by atoms with Crippen molar-refractivity contribution < 1.29 is 39.2 Å². The second-order valence-electron chi connectivity index (χ2n) is 0.316. The van der Waals surface area contributed by atoms with Crippen molar-refractivity contribution in [3.63, 3.8) is 0 Å². The number of hydrogen-bond donors (Lipinski definition) is 1. The average molecular weight is 129 g/mol. The Morgan fingerprint density at radius 3 is 1.60 bits per heavy atom. The third-order valence-corrected chi connectivity index (χ3v) is 0. The summed E-state index contributed by atoms with van der Waals surface area (Å²) < 4.78 is 0. The number of hydrogen-bond acceptors (Lipinski definition) is 1. The molecule has 32 valence electrons. The molecule has 0 bridgehead atoms. The van der Waals surface area contributed by atoms with Crippen molar-refractivity contribution in [1.29, 1.82) is 0 Å². The third-order valence-electron chi connectivity index (χ3n) is 0. The molecule has 0 aromatic heterocycles. The number of halogens is 1. The topological polar surface area (TPSA) is 20.2 Å². The summed E-state index contributed by atoms with van der Waals surface area (Å²) in [4.78, 5) is 0. The van der Waals surface area contributed by atoms with Gasteiger partial charge in [0.2, 0.25) is 0 Å². The van der Waals surface area contributed by atoms with E-state index in [1.165, 1.54) is 0 Å². The van der Waals surface area contributed by atoms with E-state index in [-0.39, 0.29) is 40.7 Å². The van der Waals surface area contributed by atoms with E-state index in [9.17, 15) is 0 Å². The average Bonchev–Trinajstić information content (AvgIpc) is 0.918. The first kappa shape index (κ1) is 16.7. The van der Waals surface area contributed by atoms with Crippen molar-refractivity contribution in [1.82, 2.24) is 0 Å². The molecule has 0 fully saturated rings. The maximum Gasteiger partial charge on any atom is 0.0402 e. The monoisotopic (exact) mass is 129 g/mol. The van der Waals surface area contributed by atoms with Gasteiger partial charge in [0.15, 0.2) is 0 Å². The van der Waals surface area contributed by atoms with Gasteiger partial charge in [0.25, 0.3) is 0 Å². The zero-order valence-corrected chi connectivity index (χ0v) is 5.35. The molecule has 5 heavy (non-hydrogen) atoms.